The zero-order valence-electron chi connectivity index (χ0n) is 49.3. The van der Waals surface area contributed by atoms with E-state index in [1.54, 1.807) is 35.9 Å². The Hall–Kier alpha value is -7.95. The molecule has 2 fully saturated rings. The maximum Gasteiger partial charge on any atom is 0.410 e. The van der Waals surface area contributed by atoms with Crippen molar-refractivity contribution in [3.8, 4) is 22.5 Å². The van der Waals surface area contributed by atoms with Gasteiger partial charge in [-0.1, -0.05) is 65.8 Å². The molecule has 83 heavy (non-hydrogen) atoms. The Labute approximate surface area is 493 Å². The smallest absolute Gasteiger partial charge is 0.410 e. The number of likely N-dealkylation sites (tertiary alicyclic amines) is 1. The van der Waals surface area contributed by atoms with Gasteiger partial charge in [0.25, 0.3) is 11.8 Å². The maximum absolute atomic E-state index is 12.7. The summed E-state index contributed by atoms with van der Waals surface area (Å²) in [5.41, 5.74) is 8.79. The van der Waals surface area contributed by atoms with Gasteiger partial charge >= 0.3 is 6.09 Å². The Morgan fingerprint density at radius 2 is 1.05 bits per heavy atom. The van der Waals surface area contributed by atoms with Crippen molar-refractivity contribution in [1.82, 2.24) is 70.3 Å². The van der Waals surface area contributed by atoms with Crippen LogP contribution in [0.4, 0.5) is 28.1 Å². The number of nitrogens with one attached hydrogen (secondary N) is 5. The van der Waals surface area contributed by atoms with Gasteiger partial charge < -0.3 is 36.2 Å². The summed E-state index contributed by atoms with van der Waals surface area (Å²) >= 11 is 2.88. The van der Waals surface area contributed by atoms with Crippen LogP contribution in [0, 0.1) is 13.8 Å². The highest BCUT2D eigenvalue weighted by atomic mass is 32.1. The first kappa shape index (κ1) is 59.7. The molecule has 0 unspecified atom stereocenters. The van der Waals surface area contributed by atoms with E-state index in [2.05, 4.69) is 110 Å². The lowest BCUT2D eigenvalue weighted by Gasteiger charge is -2.33. The maximum atomic E-state index is 12.7. The molecule has 2 aliphatic heterocycles. The number of carbonyl (C=O) groups is 3. The van der Waals surface area contributed by atoms with Crippen LogP contribution in [0.25, 0.3) is 22.5 Å². The zero-order valence-corrected chi connectivity index (χ0v) is 51.0. The van der Waals surface area contributed by atoms with Crippen LogP contribution < -0.4 is 26.6 Å². The summed E-state index contributed by atoms with van der Waals surface area (Å²) in [4.78, 5) is 67.9. The van der Waals surface area contributed by atoms with Crippen molar-refractivity contribution >= 4 is 63.9 Å². The molecule has 6 aromatic heterocycles. The number of nitrogens with zero attached hydrogens (tertiary/aromatic N) is 11. The van der Waals surface area contributed by atoms with E-state index in [0.29, 0.717) is 53.9 Å². The van der Waals surface area contributed by atoms with Crippen LogP contribution >= 0.6 is 22.7 Å². The standard InChI is InChI=1S/C33H42N8O3S.C28H34N8OS/c1-21-16-22(8-9-23(21)17-35-28(42)27-19-36-29(45-27)32(2,3)4)26-10-13-34-30(39-26)38-24-18-37-41(20-24)25-11-14-40(15-12-25)31(43)44-33(5,6)7;1-18-13-19(5-6-20(18)14-31-25(37)24-16-32-26(38-24)28(2,3)4)23-9-12-30-27(35-23)34-21-15-33-36(17-21)22-7-10-29-11-8-22/h8-10,13,16,18-20,25H,11-12,14-15,17H2,1-7H3,(H,35,42)(H,34,38,39);5-6,9,12-13,15-17,22,29H,7-8,10-11,14H2,1-4H3,(H,31,37)(H,30,34,35). The van der Waals surface area contributed by atoms with Crippen molar-refractivity contribution in [1.29, 1.82) is 0 Å². The number of piperidine rings is 2. The first-order valence-corrected chi connectivity index (χ1v) is 29.8. The summed E-state index contributed by atoms with van der Waals surface area (Å²) in [7, 11) is 0. The number of ether oxygens (including phenoxy) is 1. The number of hydrogen-bond acceptors (Lipinski definition) is 17. The largest absolute Gasteiger partial charge is 0.444 e. The number of carbonyl (C=O) groups excluding carboxylic acids is 3. The number of amides is 3. The van der Waals surface area contributed by atoms with E-state index in [9.17, 15) is 14.4 Å². The fraction of sp³-hybridized carbons (Fsp3) is 0.426. The van der Waals surface area contributed by atoms with Crippen molar-refractivity contribution in [2.75, 3.05) is 36.8 Å². The minimum absolute atomic E-state index is 0.0686. The molecule has 0 saturated carbocycles. The average molecular weight is 1160 g/mol. The van der Waals surface area contributed by atoms with E-state index < -0.39 is 5.60 Å². The van der Waals surface area contributed by atoms with Crippen LogP contribution in [0.1, 0.15) is 152 Å². The molecule has 2 aromatic carbocycles. The highest BCUT2D eigenvalue weighted by Crippen LogP contribution is 2.31. The van der Waals surface area contributed by atoms with E-state index in [4.69, 9.17) is 14.7 Å². The zero-order chi connectivity index (χ0) is 59.1. The fourth-order valence-corrected chi connectivity index (χ4v) is 11.2. The molecule has 0 atom stereocenters. The summed E-state index contributed by atoms with van der Waals surface area (Å²) in [6.45, 7) is 26.4. The molecule has 0 radical (unpaired) electrons. The van der Waals surface area contributed by atoms with Gasteiger partial charge in [-0.15, -0.1) is 22.7 Å². The molecule has 10 rings (SSSR count). The summed E-state index contributed by atoms with van der Waals surface area (Å²) in [6.07, 6.45) is 17.9. The molecule has 0 spiro atoms. The van der Waals surface area contributed by atoms with Crippen molar-refractivity contribution in [3.05, 3.63) is 140 Å². The molecule has 436 valence electrons. The predicted molar refractivity (Wildman–Crippen MR) is 327 cm³/mol. The molecular formula is C61H76N16O4S2. The van der Waals surface area contributed by atoms with Crippen molar-refractivity contribution in [3.63, 3.8) is 0 Å². The van der Waals surface area contributed by atoms with Crippen molar-refractivity contribution in [2.24, 2.45) is 0 Å². The minimum atomic E-state index is -0.503. The van der Waals surface area contributed by atoms with Gasteiger partial charge in [-0.25, -0.2) is 34.7 Å². The van der Waals surface area contributed by atoms with E-state index >= 15 is 0 Å². The third-order valence-corrected chi connectivity index (χ3v) is 16.9. The van der Waals surface area contributed by atoms with Crippen LogP contribution in [0.5, 0.6) is 0 Å². The fourth-order valence-electron chi connectivity index (χ4n) is 9.42. The van der Waals surface area contributed by atoms with E-state index in [1.165, 1.54) is 22.7 Å². The number of hydrogen-bond donors (Lipinski definition) is 5. The number of benzene rings is 2. The average Bonchev–Trinajstić information content (AvgIpc) is 4.49. The van der Waals surface area contributed by atoms with Gasteiger partial charge in [-0.2, -0.15) is 10.2 Å². The molecule has 0 bridgehead atoms. The molecule has 8 aromatic rings. The number of aryl methyl sites for hydroxylation is 2. The summed E-state index contributed by atoms with van der Waals surface area (Å²) in [6, 6.07) is 16.6. The van der Waals surface area contributed by atoms with Gasteiger partial charge in [-0.3, -0.25) is 19.0 Å². The van der Waals surface area contributed by atoms with E-state index in [1.807, 2.05) is 99.0 Å². The number of thiazole rings is 2. The highest BCUT2D eigenvalue weighted by Gasteiger charge is 2.29. The second kappa shape index (κ2) is 25.7. The second-order valence-corrected chi connectivity index (χ2v) is 26.1. The van der Waals surface area contributed by atoms with Crippen molar-refractivity contribution < 1.29 is 19.1 Å². The topological polar surface area (TPSA) is 237 Å². The number of rotatable bonds is 14. The van der Waals surface area contributed by atoms with Crippen LogP contribution in [0.2, 0.25) is 0 Å². The second-order valence-electron chi connectivity index (χ2n) is 24.1. The van der Waals surface area contributed by atoms with Crippen LogP contribution in [0.3, 0.4) is 0 Å². The van der Waals surface area contributed by atoms with Gasteiger partial charge in [0, 0.05) is 72.9 Å². The van der Waals surface area contributed by atoms with E-state index in [-0.39, 0.29) is 34.8 Å². The molecule has 0 aliphatic carbocycles. The van der Waals surface area contributed by atoms with E-state index in [0.717, 1.165) is 105 Å². The lowest BCUT2D eigenvalue weighted by atomic mass is 9.98. The first-order valence-electron chi connectivity index (χ1n) is 28.2. The Balaban J connectivity index is 0.000000202. The van der Waals surface area contributed by atoms with Crippen LogP contribution in [-0.2, 0) is 28.7 Å². The van der Waals surface area contributed by atoms with Gasteiger partial charge in [0.05, 0.1) is 69.6 Å². The molecule has 2 aliphatic rings. The minimum Gasteiger partial charge on any atom is -0.444 e. The highest BCUT2D eigenvalue weighted by molar-refractivity contribution is 7.14. The summed E-state index contributed by atoms with van der Waals surface area (Å²) in [5.74, 6) is 0.782. The molecule has 3 amide bonds. The Kier molecular flexibility index (Phi) is 18.5. The number of anilines is 4. The third kappa shape index (κ3) is 16.0. The quantitative estimate of drug-likeness (QED) is 0.0681. The molecule has 2 saturated heterocycles. The molecule has 20 nitrogen and oxygen atoms in total. The van der Waals surface area contributed by atoms with Crippen LogP contribution in [0.15, 0.2) is 98.1 Å². The van der Waals surface area contributed by atoms with Gasteiger partial charge in [0.2, 0.25) is 11.9 Å². The summed E-state index contributed by atoms with van der Waals surface area (Å²) in [5, 5.41) is 27.0. The molecule has 8 heterocycles. The van der Waals surface area contributed by atoms with Gasteiger partial charge in [-0.05, 0) is 120 Å². The Morgan fingerprint density at radius 3 is 1.46 bits per heavy atom. The predicted octanol–water partition coefficient (Wildman–Crippen LogP) is 11.6. The normalized spacial score (nSPS) is 14.4. The monoisotopic (exact) mass is 1160 g/mol. The van der Waals surface area contributed by atoms with Gasteiger partial charge in [0.15, 0.2) is 0 Å². The van der Waals surface area contributed by atoms with Crippen LogP contribution in [-0.4, -0.2) is 104 Å². The Morgan fingerprint density at radius 1 is 0.602 bits per heavy atom. The lowest BCUT2D eigenvalue weighted by Crippen LogP contribution is -2.42. The van der Waals surface area contributed by atoms with Gasteiger partial charge in [0.1, 0.15) is 15.4 Å². The molecule has 5 N–H and O–H groups in total. The number of aromatic nitrogens is 10. The Bertz CT molecular complexity index is 3530. The first-order chi connectivity index (χ1) is 39.5. The SMILES string of the molecule is Cc1cc(-c2ccnc(Nc3cnn(C4CCN(C(=O)OC(C)(C)C)CC4)c3)n2)ccc1CNC(=O)c1cnc(C(C)(C)C)s1.Cc1cc(-c2ccnc(Nc3cnn(C4CCNCC4)c3)n2)ccc1CNC(=O)c1cnc(C(C)(C)C)s1. The molecular weight excluding hydrogens is 1080 g/mol. The summed E-state index contributed by atoms with van der Waals surface area (Å²) < 4.78 is 9.49. The molecule has 22 heteroatoms. The third-order valence-electron chi connectivity index (χ3n) is 14.1. The lowest BCUT2D eigenvalue weighted by molar-refractivity contribution is 0.0184. The van der Waals surface area contributed by atoms with Crippen molar-refractivity contribution in [2.45, 2.75) is 143 Å².